The molecule has 1 amide bonds. The Morgan fingerprint density at radius 3 is 2.31 bits per heavy atom. The first-order valence-corrected chi connectivity index (χ1v) is 9.22. The highest BCUT2D eigenvalue weighted by Gasteiger charge is 2.17. The van der Waals surface area contributed by atoms with E-state index in [9.17, 15) is 18.0 Å². The van der Waals surface area contributed by atoms with Crippen LogP contribution in [0, 0.1) is 0 Å². The first kappa shape index (κ1) is 19.4. The molecule has 0 atom stereocenters. The number of aryl methyl sites for hydroxylation is 1. The van der Waals surface area contributed by atoms with E-state index in [2.05, 4.69) is 9.72 Å². The van der Waals surface area contributed by atoms with Crippen molar-refractivity contribution in [3.05, 3.63) is 59.4 Å². The van der Waals surface area contributed by atoms with Gasteiger partial charge in [-0.2, -0.15) is 0 Å². The quantitative estimate of drug-likeness (QED) is 0.720. The minimum Gasteiger partial charge on any atom is -0.497 e. The van der Waals surface area contributed by atoms with Crippen molar-refractivity contribution in [3.63, 3.8) is 0 Å². The minimum atomic E-state index is -3.82. The number of aromatic nitrogens is 1. The number of methoxy groups -OCH3 is 2. The molecule has 138 valence electrons. The maximum absolute atomic E-state index is 12.1. The molecule has 1 aromatic heterocycles. The number of amides is 1. The van der Waals surface area contributed by atoms with Crippen molar-refractivity contribution in [1.82, 2.24) is 9.71 Å². The SMILES string of the molecule is COC(=O)c1ccc(C(=O)NS(=O)(=O)CCc2ccc(OC)cc2)cn1. The van der Waals surface area contributed by atoms with Crippen LogP contribution < -0.4 is 9.46 Å². The summed E-state index contributed by atoms with van der Waals surface area (Å²) in [5.74, 6) is -1.04. The topological polar surface area (TPSA) is 112 Å². The fourth-order valence-corrected chi connectivity index (χ4v) is 3.06. The van der Waals surface area contributed by atoms with Crippen LogP contribution in [-0.2, 0) is 21.2 Å². The summed E-state index contributed by atoms with van der Waals surface area (Å²) in [6, 6.07) is 9.56. The number of rotatable bonds is 7. The molecule has 0 unspecified atom stereocenters. The van der Waals surface area contributed by atoms with Crippen molar-refractivity contribution in [2.24, 2.45) is 0 Å². The van der Waals surface area contributed by atoms with Crippen LogP contribution in [-0.4, -0.2) is 45.3 Å². The lowest BCUT2D eigenvalue weighted by atomic mass is 10.2. The lowest BCUT2D eigenvalue weighted by Crippen LogP contribution is -2.33. The van der Waals surface area contributed by atoms with Crippen molar-refractivity contribution in [2.45, 2.75) is 6.42 Å². The molecule has 26 heavy (non-hydrogen) atoms. The molecule has 0 spiro atoms. The summed E-state index contributed by atoms with van der Waals surface area (Å²) >= 11 is 0. The van der Waals surface area contributed by atoms with Crippen LogP contribution >= 0.6 is 0 Å². The van der Waals surface area contributed by atoms with Gasteiger partial charge >= 0.3 is 5.97 Å². The first-order chi connectivity index (χ1) is 12.3. The lowest BCUT2D eigenvalue weighted by Gasteiger charge is -2.08. The van der Waals surface area contributed by atoms with Gasteiger partial charge < -0.3 is 9.47 Å². The maximum Gasteiger partial charge on any atom is 0.356 e. The minimum absolute atomic E-state index is 0.0191. The Bertz CT molecular complexity index is 876. The zero-order valence-electron chi connectivity index (χ0n) is 14.3. The van der Waals surface area contributed by atoms with Gasteiger partial charge in [0.1, 0.15) is 11.4 Å². The Morgan fingerprint density at radius 2 is 1.77 bits per heavy atom. The molecule has 0 bridgehead atoms. The van der Waals surface area contributed by atoms with E-state index in [-0.39, 0.29) is 23.4 Å². The highest BCUT2D eigenvalue weighted by Crippen LogP contribution is 2.12. The predicted molar refractivity (Wildman–Crippen MR) is 93.5 cm³/mol. The highest BCUT2D eigenvalue weighted by atomic mass is 32.2. The molecule has 0 saturated heterocycles. The largest absolute Gasteiger partial charge is 0.497 e. The van der Waals surface area contributed by atoms with E-state index in [1.165, 1.54) is 19.2 Å². The van der Waals surface area contributed by atoms with Crippen molar-refractivity contribution in [1.29, 1.82) is 0 Å². The second-order valence-corrected chi connectivity index (χ2v) is 7.11. The molecule has 8 nitrogen and oxygen atoms in total. The van der Waals surface area contributed by atoms with Gasteiger partial charge in [-0.05, 0) is 36.2 Å². The Labute approximate surface area is 151 Å². The van der Waals surface area contributed by atoms with E-state index in [0.29, 0.717) is 5.75 Å². The Hall–Kier alpha value is -2.94. The normalized spacial score (nSPS) is 10.8. The van der Waals surface area contributed by atoms with Gasteiger partial charge in [-0.1, -0.05) is 12.1 Å². The van der Waals surface area contributed by atoms with Crippen LogP contribution in [0.4, 0.5) is 0 Å². The summed E-state index contributed by atoms with van der Waals surface area (Å²) in [6.45, 7) is 0. The summed E-state index contributed by atoms with van der Waals surface area (Å²) in [7, 11) is -1.07. The molecular formula is C17H18N2O6S. The number of hydrogen-bond acceptors (Lipinski definition) is 7. The molecule has 1 aromatic carbocycles. The second-order valence-electron chi connectivity index (χ2n) is 5.27. The van der Waals surface area contributed by atoms with E-state index in [1.807, 2.05) is 4.72 Å². The van der Waals surface area contributed by atoms with Gasteiger partial charge in [-0.25, -0.2) is 22.9 Å². The molecule has 0 fully saturated rings. The Kier molecular flexibility index (Phi) is 6.29. The van der Waals surface area contributed by atoms with Crippen LogP contribution in [0.2, 0.25) is 0 Å². The molecule has 0 aliphatic heterocycles. The molecule has 2 rings (SSSR count). The summed E-state index contributed by atoms with van der Waals surface area (Å²) in [5, 5.41) is 0. The van der Waals surface area contributed by atoms with E-state index >= 15 is 0 Å². The molecule has 2 aromatic rings. The number of nitrogens with one attached hydrogen (secondary N) is 1. The summed E-state index contributed by atoms with van der Waals surface area (Å²) in [4.78, 5) is 27.1. The number of sulfonamides is 1. The van der Waals surface area contributed by atoms with E-state index in [4.69, 9.17) is 4.74 Å². The number of carbonyl (C=O) groups is 2. The van der Waals surface area contributed by atoms with E-state index in [1.54, 1.807) is 31.4 Å². The van der Waals surface area contributed by atoms with Gasteiger partial charge in [-0.15, -0.1) is 0 Å². The van der Waals surface area contributed by atoms with Gasteiger partial charge in [-0.3, -0.25) is 4.79 Å². The lowest BCUT2D eigenvalue weighted by molar-refractivity contribution is 0.0593. The molecule has 0 saturated carbocycles. The van der Waals surface area contributed by atoms with Gasteiger partial charge in [0.2, 0.25) is 10.0 Å². The third kappa shape index (κ3) is 5.28. The van der Waals surface area contributed by atoms with Crippen LogP contribution in [0.15, 0.2) is 42.6 Å². The Morgan fingerprint density at radius 1 is 1.08 bits per heavy atom. The number of ether oxygens (including phenoxy) is 2. The molecule has 1 heterocycles. The number of carbonyl (C=O) groups excluding carboxylic acids is 2. The fourth-order valence-electron chi connectivity index (χ4n) is 2.05. The number of benzene rings is 1. The monoisotopic (exact) mass is 378 g/mol. The number of hydrogen-bond donors (Lipinski definition) is 1. The number of esters is 1. The Balaban J connectivity index is 1.96. The first-order valence-electron chi connectivity index (χ1n) is 7.57. The third-order valence-corrected chi connectivity index (χ3v) is 4.72. The second kappa shape index (κ2) is 8.43. The standard InChI is InChI=1S/C17H18N2O6S/c1-24-14-6-3-12(4-7-14)9-10-26(22,23)19-16(20)13-5-8-15(18-11-13)17(21)25-2/h3-8,11H,9-10H2,1-2H3,(H,19,20). The van der Waals surface area contributed by atoms with Crippen molar-refractivity contribution in [3.8, 4) is 5.75 Å². The molecule has 0 radical (unpaired) electrons. The van der Waals surface area contributed by atoms with E-state index < -0.39 is 21.9 Å². The predicted octanol–water partition coefficient (Wildman–Crippen LogP) is 1.18. The average molecular weight is 378 g/mol. The van der Waals surface area contributed by atoms with Crippen LogP contribution in [0.25, 0.3) is 0 Å². The van der Waals surface area contributed by atoms with Gasteiger partial charge in [0.05, 0.1) is 25.5 Å². The average Bonchev–Trinajstić information content (AvgIpc) is 2.66. The maximum atomic E-state index is 12.1. The molecule has 0 aliphatic rings. The molecular weight excluding hydrogens is 360 g/mol. The van der Waals surface area contributed by atoms with Gasteiger partial charge in [0, 0.05) is 6.20 Å². The van der Waals surface area contributed by atoms with E-state index in [0.717, 1.165) is 11.8 Å². The number of nitrogens with zero attached hydrogens (tertiary/aromatic N) is 1. The summed E-state index contributed by atoms with van der Waals surface area (Å²) in [6.07, 6.45) is 1.35. The van der Waals surface area contributed by atoms with Crippen molar-refractivity contribution < 1.29 is 27.5 Å². The van der Waals surface area contributed by atoms with Gasteiger partial charge in [0.15, 0.2) is 0 Å². The van der Waals surface area contributed by atoms with Gasteiger partial charge in [0.25, 0.3) is 5.91 Å². The molecule has 9 heteroatoms. The molecule has 0 aliphatic carbocycles. The zero-order chi connectivity index (χ0) is 19.2. The zero-order valence-corrected chi connectivity index (χ0v) is 15.1. The van der Waals surface area contributed by atoms with Crippen LogP contribution in [0.5, 0.6) is 5.75 Å². The molecule has 1 N–H and O–H groups in total. The van der Waals surface area contributed by atoms with Crippen molar-refractivity contribution >= 4 is 21.9 Å². The van der Waals surface area contributed by atoms with Crippen LogP contribution in [0.1, 0.15) is 26.4 Å². The summed E-state index contributed by atoms with van der Waals surface area (Å²) < 4.78 is 35.7. The van der Waals surface area contributed by atoms with Crippen molar-refractivity contribution in [2.75, 3.05) is 20.0 Å². The fraction of sp³-hybridized carbons (Fsp3) is 0.235. The van der Waals surface area contributed by atoms with Crippen LogP contribution in [0.3, 0.4) is 0 Å². The number of pyridine rings is 1. The summed E-state index contributed by atoms with van der Waals surface area (Å²) in [5.41, 5.74) is 0.838. The highest BCUT2D eigenvalue weighted by molar-refractivity contribution is 7.90. The third-order valence-electron chi connectivity index (χ3n) is 3.49. The smallest absolute Gasteiger partial charge is 0.356 e.